The highest BCUT2D eigenvalue weighted by Gasteiger charge is 2.54. The molecule has 0 heterocycles. The van der Waals surface area contributed by atoms with E-state index in [-0.39, 0.29) is 17.8 Å². The van der Waals surface area contributed by atoms with Gasteiger partial charge in [0.15, 0.2) is 5.84 Å². The number of amidine groups is 1. The Bertz CT molecular complexity index is 564. The van der Waals surface area contributed by atoms with Crippen molar-refractivity contribution in [3.05, 3.63) is 35.4 Å². The number of nitrogens with two attached hydrogens (primary N) is 1. The van der Waals surface area contributed by atoms with Crippen LogP contribution in [0.1, 0.15) is 30.4 Å². The maximum absolute atomic E-state index is 12.3. The number of carbonyl (C=O) groups excluding carboxylic acids is 1. The third kappa shape index (κ3) is 2.13. The number of amides is 1. The highest BCUT2D eigenvalue weighted by molar-refractivity contribution is 6.09. The van der Waals surface area contributed by atoms with Crippen molar-refractivity contribution in [2.75, 3.05) is 0 Å². The molecule has 0 bridgehead atoms. The fourth-order valence-corrected chi connectivity index (χ4v) is 2.96. The molecule has 2 aliphatic rings. The molecule has 1 amide bonds. The summed E-state index contributed by atoms with van der Waals surface area (Å²) >= 11 is 0. The molecular formula is C15H19N3O2. The smallest absolute Gasteiger partial charge is 0.234 e. The first kappa shape index (κ1) is 13.0. The molecular weight excluding hydrogens is 254 g/mol. The molecule has 0 saturated heterocycles. The highest BCUT2D eigenvalue weighted by Crippen LogP contribution is 2.46. The second-order valence-electron chi connectivity index (χ2n) is 5.75. The maximum atomic E-state index is 12.3. The first-order valence-electron chi connectivity index (χ1n) is 7.01. The molecule has 1 unspecified atom stereocenters. The van der Waals surface area contributed by atoms with Crippen molar-refractivity contribution < 1.29 is 10.0 Å². The molecule has 106 valence electrons. The summed E-state index contributed by atoms with van der Waals surface area (Å²) in [5.41, 5.74) is 7.55. The summed E-state index contributed by atoms with van der Waals surface area (Å²) in [6, 6.07) is 8.48. The molecule has 1 aromatic rings. The molecule has 0 aliphatic heterocycles. The SMILES string of the molecule is N/C(=N/O)C1(C(=O)NC2CCc3ccccc3C2)CC1. The van der Waals surface area contributed by atoms with Crippen LogP contribution in [-0.2, 0) is 17.6 Å². The number of fused-ring (bicyclic) bond motifs is 1. The van der Waals surface area contributed by atoms with Crippen LogP contribution >= 0.6 is 0 Å². The molecule has 0 spiro atoms. The lowest BCUT2D eigenvalue weighted by Gasteiger charge is -2.27. The van der Waals surface area contributed by atoms with Gasteiger partial charge in [-0.1, -0.05) is 29.4 Å². The van der Waals surface area contributed by atoms with Crippen LogP contribution in [0.15, 0.2) is 29.4 Å². The van der Waals surface area contributed by atoms with E-state index < -0.39 is 5.41 Å². The summed E-state index contributed by atoms with van der Waals surface area (Å²) < 4.78 is 0. The Morgan fingerprint density at radius 2 is 2.05 bits per heavy atom. The van der Waals surface area contributed by atoms with Crippen molar-refractivity contribution in [3.63, 3.8) is 0 Å². The summed E-state index contributed by atoms with van der Waals surface area (Å²) in [6.07, 6.45) is 4.11. The Morgan fingerprint density at radius 1 is 1.35 bits per heavy atom. The van der Waals surface area contributed by atoms with Crippen LogP contribution < -0.4 is 11.1 Å². The number of hydrogen-bond acceptors (Lipinski definition) is 3. The second kappa shape index (κ2) is 4.81. The first-order chi connectivity index (χ1) is 9.65. The van der Waals surface area contributed by atoms with Crippen LogP contribution in [0.4, 0.5) is 0 Å². The predicted octanol–water partition coefficient (Wildman–Crippen LogP) is 1.19. The van der Waals surface area contributed by atoms with Crippen molar-refractivity contribution in [2.45, 2.75) is 38.1 Å². The summed E-state index contributed by atoms with van der Waals surface area (Å²) in [5.74, 6) is -0.0663. The van der Waals surface area contributed by atoms with E-state index in [0.29, 0.717) is 12.8 Å². The van der Waals surface area contributed by atoms with E-state index in [0.717, 1.165) is 19.3 Å². The Labute approximate surface area is 117 Å². The first-order valence-corrected chi connectivity index (χ1v) is 7.01. The van der Waals surface area contributed by atoms with Gasteiger partial charge in [0.2, 0.25) is 5.91 Å². The number of nitrogens with one attached hydrogen (secondary N) is 1. The predicted molar refractivity (Wildman–Crippen MR) is 75.5 cm³/mol. The lowest BCUT2D eigenvalue weighted by Crippen LogP contribution is -2.46. The molecule has 0 radical (unpaired) electrons. The normalized spacial score (nSPS) is 23.8. The Balaban J connectivity index is 1.67. The van der Waals surface area contributed by atoms with Gasteiger partial charge in [0.05, 0.1) is 0 Å². The van der Waals surface area contributed by atoms with E-state index in [4.69, 9.17) is 10.9 Å². The molecule has 5 heteroatoms. The number of benzene rings is 1. The number of rotatable bonds is 3. The van der Waals surface area contributed by atoms with Crippen molar-refractivity contribution in [1.29, 1.82) is 0 Å². The fraction of sp³-hybridized carbons (Fsp3) is 0.467. The van der Waals surface area contributed by atoms with Gasteiger partial charge < -0.3 is 16.3 Å². The molecule has 20 heavy (non-hydrogen) atoms. The quantitative estimate of drug-likeness (QED) is 0.334. The van der Waals surface area contributed by atoms with Crippen LogP contribution in [-0.4, -0.2) is 23.0 Å². The average molecular weight is 273 g/mol. The van der Waals surface area contributed by atoms with Gasteiger partial charge >= 0.3 is 0 Å². The molecule has 1 atom stereocenters. The topological polar surface area (TPSA) is 87.7 Å². The Hall–Kier alpha value is -2.04. The lowest BCUT2D eigenvalue weighted by molar-refractivity contribution is -0.124. The van der Waals surface area contributed by atoms with Crippen molar-refractivity contribution in [3.8, 4) is 0 Å². The number of nitrogens with zero attached hydrogens (tertiary/aromatic N) is 1. The summed E-state index contributed by atoms with van der Waals surface area (Å²) in [7, 11) is 0. The van der Waals surface area contributed by atoms with Gasteiger partial charge in [-0.05, 0) is 43.2 Å². The number of oxime groups is 1. The summed E-state index contributed by atoms with van der Waals surface area (Å²) in [4.78, 5) is 12.3. The monoisotopic (exact) mass is 273 g/mol. The van der Waals surface area contributed by atoms with Crippen molar-refractivity contribution >= 4 is 11.7 Å². The van der Waals surface area contributed by atoms with E-state index >= 15 is 0 Å². The van der Waals surface area contributed by atoms with Crippen LogP contribution in [0.2, 0.25) is 0 Å². The molecule has 4 N–H and O–H groups in total. The van der Waals surface area contributed by atoms with Crippen LogP contribution in [0.25, 0.3) is 0 Å². The molecule has 1 aromatic carbocycles. The van der Waals surface area contributed by atoms with Gasteiger partial charge in [-0.2, -0.15) is 0 Å². The van der Waals surface area contributed by atoms with Crippen LogP contribution in [0, 0.1) is 5.41 Å². The van der Waals surface area contributed by atoms with Crippen molar-refractivity contribution in [1.82, 2.24) is 5.32 Å². The minimum atomic E-state index is -0.758. The summed E-state index contributed by atoms with van der Waals surface area (Å²) in [5, 5.41) is 14.9. The van der Waals surface area contributed by atoms with Gasteiger partial charge in [-0.3, -0.25) is 4.79 Å². The van der Waals surface area contributed by atoms with E-state index in [1.165, 1.54) is 11.1 Å². The standard InChI is InChI=1S/C15H19N3O2/c16-13(18-20)15(7-8-15)14(19)17-12-6-5-10-3-1-2-4-11(10)9-12/h1-4,12,20H,5-9H2,(H2,16,18)(H,17,19). The molecule has 1 saturated carbocycles. The molecule has 0 aromatic heterocycles. The largest absolute Gasteiger partial charge is 0.409 e. The van der Waals surface area contributed by atoms with Gasteiger partial charge in [0.1, 0.15) is 5.41 Å². The van der Waals surface area contributed by atoms with Crippen LogP contribution in [0.5, 0.6) is 0 Å². The molecule has 5 nitrogen and oxygen atoms in total. The van der Waals surface area contributed by atoms with Gasteiger partial charge in [-0.25, -0.2) is 0 Å². The number of carbonyl (C=O) groups is 1. The van der Waals surface area contributed by atoms with Gasteiger partial charge in [-0.15, -0.1) is 0 Å². The number of hydrogen-bond donors (Lipinski definition) is 3. The maximum Gasteiger partial charge on any atom is 0.234 e. The Kier molecular flexibility index (Phi) is 3.12. The van der Waals surface area contributed by atoms with Gasteiger partial charge in [0.25, 0.3) is 0 Å². The molecule has 3 rings (SSSR count). The number of aryl methyl sites for hydroxylation is 1. The zero-order valence-electron chi connectivity index (χ0n) is 11.3. The lowest BCUT2D eigenvalue weighted by atomic mass is 9.88. The van der Waals surface area contributed by atoms with E-state index in [1.807, 2.05) is 6.07 Å². The summed E-state index contributed by atoms with van der Waals surface area (Å²) in [6.45, 7) is 0. The zero-order chi connectivity index (χ0) is 14.2. The third-order valence-electron chi connectivity index (χ3n) is 4.46. The zero-order valence-corrected chi connectivity index (χ0v) is 11.3. The van der Waals surface area contributed by atoms with E-state index in [9.17, 15) is 4.79 Å². The fourth-order valence-electron chi connectivity index (χ4n) is 2.96. The Morgan fingerprint density at radius 3 is 2.70 bits per heavy atom. The second-order valence-corrected chi connectivity index (χ2v) is 5.75. The average Bonchev–Trinajstić information content (AvgIpc) is 3.28. The van der Waals surface area contributed by atoms with E-state index in [2.05, 4.69) is 28.7 Å². The minimum Gasteiger partial charge on any atom is -0.409 e. The third-order valence-corrected chi connectivity index (χ3v) is 4.46. The van der Waals surface area contributed by atoms with Crippen molar-refractivity contribution in [2.24, 2.45) is 16.3 Å². The van der Waals surface area contributed by atoms with Gasteiger partial charge in [0, 0.05) is 6.04 Å². The van der Waals surface area contributed by atoms with Crippen LogP contribution in [0.3, 0.4) is 0 Å². The van der Waals surface area contributed by atoms with E-state index in [1.54, 1.807) is 0 Å². The molecule has 1 fully saturated rings. The molecule has 2 aliphatic carbocycles. The minimum absolute atomic E-state index is 0.0335. The highest BCUT2D eigenvalue weighted by atomic mass is 16.4.